The third-order valence-corrected chi connectivity index (χ3v) is 6.36. The van der Waals surface area contributed by atoms with Crippen molar-refractivity contribution in [2.45, 2.75) is 17.4 Å². The third-order valence-electron chi connectivity index (χ3n) is 3.85. The van der Waals surface area contributed by atoms with Crippen molar-refractivity contribution in [2.75, 3.05) is 6.61 Å². The molecule has 2 aromatic carbocycles. The Morgan fingerprint density at radius 1 is 1.05 bits per heavy atom. The Hall–Kier alpha value is -1.62. The van der Waals surface area contributed by atoms with Gasteiger partial charge in [-0.3, -0.25) is 0 Å². The summed E-state index contributed by atoms with van der Waals surface area (Å²) in [5, 5.41) is 0.214. The SMILES string of the molecule is CC1(c2ccccc2)OCC=C1S(=O)(=O)c1ccccc1Cl. The lowest BCUT2D eigenvalue weighted by Gasteiger charge is -2.28. The van der Waals surface area contributed by atoms with Crippen LogP contribution in [0.4, 0.5) is 0 Å². The molecule has 3 nitrogen and oxygen atoms in total. The van der Waals surface area contributed by atoms with E-state index in [0.29, 0.717) is 0 Å². The van der Waals surface area contributed by atoms with Crippen molar-refractivity contribution < 1.29 is 13.2 Å². The van der Waals surface area contributed by atoms with Crippen LogP contribution < -0.4 is 0 Å². The van der Waals surface area contributed by atoms with E-state index >= 15 is 0 Å². The molecule has 0 fully saturated rings. The molecule has 0 radical (unpaired) electrons. The molecular weight excluding hydrogens is 320 g/mol. The molecule has 1 aliphatic heterocycles. The van der Waals surface area contributed by atoms with Crippen LogP contribution in [-0.2, 0) is 20.2 Å². The Bertz CT molecular complexity index is 828. The number of hydrogen-bond acceptors (Lipinski definition) is 3. The normalized spacial score (nSPS) is 21.6. The standard InChI is InChI=1S/C17H15ClO3S/c1-17(13-7-3-2-4-8-13)16(11-12-21-17)22(19,20)15-10-6-5-9-14(15)18/h2-11H,12H2,1H3. The van der Waals surface area contributed by atoms with Crippen LogP contribution in [0.5, 0.6) is 0 Å². The van der Waals surface area contributed by atoms with Crippen LogP contribution in [0.25, 0.3) is 0 Å². The molecule has 1 heterocycles. The monoisotopic (exact) mass is 334 g/mol. The Kier molecular flexibility index (Phi) is 3.85. The molecule has 1 unspecified atom stereocenters. The highest BCUT2D eigenvalue weighted by Gasteiger charge is 2.43. The maximum absolute atomic E-state index is 13.0. The zero-order chi connectivity index (χ0) is 15.8. The molecule has 114 valence electrons. The molecular formula is C17H15ClO3S. The van der Waals surface area contributed by atoms with Gasteiger partial charge in [0.15, 0.2) is 0 Å². The lowest BCUT2D eigenvalue weighted by molar-refractivity contribution is 0.0358. The topological polar surface area (TPSA) is 43.4 Å². The van der Waals surface area contributed by atoms with E-state index in [1.807, 2.05) is 30.3 Å². The van der Waals surface area contributed by atoms with Crippen molar-refractivity contribution in [1.82, 2.24) is 0 Å². The third kappa shape index (κ3) is 2.37. The summed E-state index contributed by atoms with van der Waals surface area (Å²) >= 11 is 6.08. The highest BCUT2D eigenvalue weighted by atomic mass is 35.5. The van der Waals surface area contributed by atoms with E-state index in [9.17, 15) is 8.42 Å². The van der Waals surface area contributed by atoms with Crippen molar-refractivity contribution in [3.63, 3.8) is 0 Å². The number of halogens is 1. The smallest absolute Gasteiger partial charge is 0.207 e. The second-order valence-electron chi connectivity index (χ2n) is 5.21. The van der Waals surface area contributed by atoms with Gasteiger partial charge in [0, 0.05) is 0 Å². The predicted molar refractivity (Wildman–Crippen MR) is 86.5 cm³/mol. The van der Waals surface area contributed by atoms with Crippen molar-refractivity contribution in [3.05, 3.63) is 76.2 Å². The fraction of sp³-hybridized carbons (Fsp3) is 0.176. The first kappa shape index (κ1) is 15.3. The van der Waals surface area contributed by atoms with Crippen LogP contribution in [0.1, 0.15) is 12.5 Å². The summed E-state index contributed by atoms with van der Waals surface area (Å²) in [6.07, 6.45) is 1.62. The maximum Gasteiger partial charge on any atom is 0.207 e. The second kappa shape index (κ2) is 5.54. The Balaban J connectivity index is 2.13. The molecule has 0 bridgehead atoms. The molecule has 0 saturated heterocycles. The molecule has 2 aromatic rings. The van der Waals surface area contributed by atoms with E-state index in [1.165, 1.54) is 6.07 Å². The number of ether oxygens (including phenoxy) is 1. The van der Waals surface area contributed by atoms with Crippen LogP contribution in [0.15, 0.2) is 70.5 Å². The maximum atomic E-state index is 13.0. The fourth-order valence-electron chi connectivity index (χ4n) is 2.68. The molecule has 0 aromatic heterocycles. The molecule has 0 aliphatic carbocycles. The van der Waals surface area contributed by atoms with Crippen molar-refractivity contribution in [1.29, 1.82) is 0 Å². The van der Waals surface area contributed by atoms with Gasteiger partial charge in [-0.15, -0.1) is 0 Å². The first-order valence-corrected chi connectivity index (χ1v) is 8.72. The van der Waals surface area contributed by atoms with E-state index in [2.05, 4.69) is 0 Å². The number of benzene rings is 2. The molecule has 1 atom stereocenters. The summed E-state index contributed by atoms with van der Waals surface area (Å²) < 4.78 is 31.8. The minimum atomic E-state index is -3.72. The van der Waals surface area contributed by atoms with Gasteiger partial charge in [-0.05, 0) is 30.7 Å². The summed E-state index contributed by atoms with van der Waals surface area (Å²) in [4.78, 5) is 0.342. The predicted octanol–water partition coefficient (Wildman–Crippen LogP) is 3.94. The van der Waals surface area contributed by atoms with E-state index < -0.39 is 15.4 Å². The molecule has 0 spiro atoms. The van der Waals surface area contributed by atoms with Crippen molar-refractivity contribution in [3.8, 4) is 0 Å². The Morgan fingerprint density at radius 3 is 2.36 bits per heavy atom. The average molecular weight is 335 g/mol. The zero-order valence-corrected chi connectivity index (χ0v) is 13.6. The molecule has 0 amide bonds. The van der Waals surface area contributed by atoms with Crippen LogP contribution >= 0.6 is 11.6 Å². The van der Waals surface area contributed by atoms with Gasteiger partial charge in [-0.2, -0.15) is 0 Å². The van der Waals surface area contributed by atoms with E-state index in [-0.39, 0.29) is 21.4 Å². The van der Waals surface area contributed by atoms with Gasteiger partial charge in [-0.1, -0.05) is 54.1 Å². The number of hydrogen-bond donors (Lipinski definition) is 0. The number of sulfone groups is 1. The van der Waals surface area contributed by atoms with Gasteiger partial charge < -0.3 is 4.74 Å². The van der Waals surface area contributed by atoms with Gasteiger partial charge in [-0.25, -0.2) is 8.42 Å². The van der Waals surface area contributed by atoms with Gasteiger partial charge in [0.05, 0.1) is 21.4 Å². The van der Waals surface area contributed by atoms with Crippen LogP contribution in [-0.4, -0.2) is 15.0 Å². The van der Waals surface area contributed by atoms with E-state index in [0.717, 1.165) is 5.56 Å². The average Bonchev–Trinajstić information content (AvgIpc) is 2.92. The molecule has 1 aliphatic rings. The molecule has 5 heteroatoms. The van der Waals surface area contributed by atoms with Crippen molar-refractivity contribution >= 4 is 21.4 Å². The van der Waals surface area contributed by atoms with E-state index in [4.69, 9.17) is 16.3 Å². The first-order valence-electron chi connectivity index (χ1n) is 6.86. The lowest BCUT2D eigenvalue weighted by atomic mass is 9.96. The highest BCUT2D eigenvalue weighted by molar-refractivity contribution is 7.95. The minimum Gasteiger partial charge on any atom is -0.361 e. The molecule has 0 saturated carbocycles. The Labute approximate surface area is 135 Å². The second-order valence-corrected chi connectivity index (χ2v) is 7.51. The van der Waals surface area contributed by atoms with Crippen LogP contribution in [0.2, 0.25) is 5.02 Å². The summed E-state index contributed by atoms with van der Waals surface area (Å²) in [6.45, 7) is 2.03. The van der Waals surface area contributed by atoms with Crippen LogP contribution in [0, 0.1) is 0 Å². The largest absolute Gasteiger partial charge is 0.361 e. The first-order chi connectivity index (χ1) is 10.5. The molecule has 22 heavy (non-hydrogen) atoms. The van der Waals surface area contributed by atoms with Gasteiger partial charge in [0.1, 0.15) is 5.60 Å². The molecule has 0 N–H and O–H groups in total. The summed E-state index contributed by atoms with van der Waals surface area (Å²) in [5.74, 6) is 0. The Morgan fingerprint density at radius 2 is 1.68 bits per heavy atom. The van der Waals surface area contributed by atoms with E-state index in [1.54, 1.807) is 31.2 Å². The summed E-state index contributed by atoms with van der Waals surface area (Å²) in [6, 6.07) is 15.8. The van der Waals surface area contributed by atoms with Gasteiger partial charge >= 0.3 is 0 Å². The highest BCUT2D eigenvalue weighted by Crippen LogP contribution is 2.43. The fourth-order valence-corrected chi connectivity index (χ4v) is 4.92. The number of rotatable bonds is 3. The lowest BCUT2D eigenvalue weighted by Crippen LogP contribution is -2.28. The quantitative estimate of drug-likeness (QED) is 0.853. The van der Waals surface area contributed by atoms with Crippen LogP contribution in [0.3, 0.4) is 0 Å². The van der Waals surface area contributed by atoms with Crippen molar-refractivity contribution in [2.24, 2.45) is 0 Å². The summed E-state index contributed by atoms with van der Waals surface area (Å²) in [5.41, 5.74) is -0.200. The van der Waals surface area contributed by atoms with Gasteiger partial charge in [0.25, 0.3) is 0 Å². The summed E-state index contributed by atoms with van der Waals surface area (Å²) in [7, 11) is -3.72. The van der Waals surface area contributed by atoms with Gasteiger partial charge in [0.2, 0.25) is 9.84 Å². The zero-order valence-electron chi connectivity index (χ0n) is 12.0. The minimum absolute atomic E-state index is 0.107. The molecule has 3 rings (SSSR count).